The van der Waals surface area contributed by atoms with Crippen LogP contribution in [0, 0.1) is 6.92 Å². The number of rotatable bonds is 5. The molecule has 3 nitrogen and oxygen atoms in total. The van der Waals surface area contributed by atoms with Gasteiger partial charge in [-0.25, -0.2) is 0 Å². The smallest absolute Gasteiger partial charge is 0.137 e. The van der Waals surface area contributed by atoms with Gasteiger partial charge in [0.1, 0.15) is 11.3 Å². The number of fused-ring (bicyclic) bond motifs is 1. The van der Waals surface area contributed by atoms with Gasteiger partial charge in [0, 0.05) is 12.5 Å². The van der Waals surface area contributed by atoms with Gasteiger partial charge in [0.15, 0.2) is 0 Å². The summed E-state index contributed by atoms with van der Waals surface area (Å²) in [7, 11) is 1.70. The van der Waals surface area contributed by atoms with Crippen molar-refractivity contribution in [2.45, 2.75) is 38.8 Å². The minimum atomic E-state index is -0.207. The normalized spacial score (nSPS) is 14.9. The largest absolute Gasteiger partial charge is 0.459 e. The molecule has 0 aliphatic rings. The molecule has 98 valence electrons. The molecular formula is C15H21NO2. The molecule has 0 amide bonds. The van der Waals surface area contributed by atoms with E-state index in [1.807, 2.05) is 31.2 Å². The monoisotopic (exact) mass is 247 g/mol. The zero-order valence-corrected chi connectivity index (χ0v) is 11.3. The van der Waals surface area contributed by atoms with Crippen molar-refractivity contribution in [3.05, 3.63) is 35.6 Å². The summed E-state index contributed by atoms with van der Waals surface area (Å²) >= 11 is 0. The summed E-state index contributed by atoms with van der Waals surface area (Å²) in [5.41, 5.74) is 8.29. The number of hydrogen-bond donors (Lipinski definition) is 1. The fraction of sp³-hybridized carbons (Fsp3) is 0.467. The molecule has 18 heavy (non-hydrogen) atoms. The standard InChI is InChI=1S/C15H21NO2/c1-4-6-12(17-3)14(16)13-9-11-8-5-7-10(2)15(11)18-13/h5,7-9,12,14H,4,6,16H2,1-3H3. The van der Waals surface area contributed by atoms with E-state index in [9.17, 15) is 0 Å². The molecule has 0 fully saturated rings. The van der Waals surface area contributed by atoms with Crippen molar-refractivity contribution >= 4 is 11.0 Å². The van der Waals surface area contributed by atoms with Gasteiger partial charge in [0.2, 0.25) is 0 Å². The van der Waals surface area contributed by atoms with Crippen molar-refractivity contribution in [1.29, 1.82) is 0 Å². The van der Waals surface area contributed by atoms with Gasteiger partial charge in [-0.15, -0.1) is 0 Å². The van der Waals surface area contributed by atoms with Crippen LogP contribution >= 0.6 is 0 Å². The molecule has 2 rings (SSSR count). The average Bonchev–Trinajstić information content (AvgIpc) is 2.80. The van der Waals surface area contributed by atoms with Crippen LogP contribution in [0.15, 0.2) is 28.7 Å². The topological polar surface area (TPSA) is 48.4 Å². The first kappa shape index (κ1) is 13.1. The van der Waals surface area contributed by atoms with Gasteiger partial charge in [0.25, 0.3) is 0 Å². The molecule has 1 heterocycles. The van der Waals surface area contributed by atoms with Gasteiger partial charge in [0.05, 0.1) is 12.1 Å². The second-order valence-electron chi connectivity index (χ2n) is 4.73. The van der Waals surface area contributed by atoms with Gasteiger partial charge in [-0.2, -0.15) is 0 Å². The van der Waals surface area contributed by atoms with Gasteiger partial charge in [-0.05, 0) is 25.0 Å². The average molecular weight is 247 g/mol. The van der Waals surface area contributed by atoms with Crippen LogP contribution in [-0.4, -0.2) is 13.2 Å². The van der Waals surface area contributed by atoms with Crippen LogP contribution in [0.25, 0.3) is 11.0 Å². The van der Waals surface area contributed by atoms with Crippen LogP contribution in [0.2, 0.25) is 0 Å². The van der Waals surface area contributed by atoms with Crippen LogP contribution < -0.4 is 5.73 Å². The van der Waals surface area contributed by atoms with Gasteiger partial charge >= 0.3 is 0 Å². The molecular weight excluding hydrogens is 226 g/mol. The van der Waals surface area contributed by atoms with E-state index in [2.05, 4.69) is 6.92 Å². The molecule has 0 saturated carbocycles. The zero-order chi connectivity index (χ0) is 13.1. The molecule has 1 aromatic heterocycles. The first-order chi connectivity index (χ1) is 8.67. The zero-order valence-electron chi connectivity index (χ0n) is 11.3. The third-order valence-corrected chi connectivity index (χ3v) is 3.37. The lowest BCUT2D eigenvalue weighted by Gasteiger charge is -2.20. The third kappa shape index (κ3) is 2.42. The number of aryl methyl sites for hydroxylation is 1. The Bertz CT molecular complexity index is 518. The number of benzene rings is 1. The Morgan fingerprint density at radius 1 is 1.39 bits per heavy atom. The van der Waals surface area contributed by atoms with Crippen LogP contribution in [0.3, 0.4) is 0 Å². The summed E-state index contributed by atoms with van der Waals surface area (Å²) in [4.78, 5) is 0. The molecule has 2 aromatic rings. The molecule has 2 N–H and O–H groups in total. The fourth-order valence-corrected chi connectivity index (χ4v) is 2.30. The van der Waals surface area contributed by atoms with Gasteiger partial charge in [-0.3, -0.25) is 0 Å². The lowest BCUT2D eigenvalue weighted by atomic mass is 10.0. The Morgan fingerprint density at radius 3 is 2.78 bits per heavy atom. The second kappa shape index (κ2) is 5.55. The van der Waals surface area contributed by atoms with Crippen molar-refractivity contribution in [3.63, 3.8) is 0 Å². The summed E-state index contributed by atoms with van der Waals surface area (Å²) in [6, 6.07) is 7.93. The van der Waals surface area contributed by atoms with E-state index in [0.717, 1.165) is 35.1 Å². The van der Waals surface area contributed by atoms with Crippen LogP contribution in [0.5, 0.6) is 0 Å². The van der Waals surface area contributed by atoms with E-state index in [-0.39, 0.29) is 12.1 Å². The van der Waals surface area contributed by atoms with Crippen molar-refractivity contribution in [1.82, 2.24) is 0 Å². The highest BCUT2D eigenvalue weighted by molar-refractivity contribution is 5.81. The van der Waals surface area contributed by atoms with E-state index in [0.29, 0.717) is 0 Å². The maximum atomic E-state index is 6.23. The first-order valence-corrected chi connectivity index (χ1v) is 6.44. The Hall–Kier alpha value is -1.32. The molecule has 0 spiro atoms. The number of nitrogens with two attached hydrogens (primary N) is 1. The van der Waals surface area contributed by atoms with E-state index in [1.54, 1.807) is 7.11 Å². The fourth-order valence-electron chi connectivity index (χ4n) is 2.30. The summed E-state index contributed by atoms with van der Waals surface area (Å²) in [6.07, 6.45) is 2.00. The molecule has 2 atom stereocenters. The quantitative estimate of drug-likeness (QED) is 0.878. The highest BCUT2D eigenvalue weighted by atomic mass is 16.5. The summed E-state index contributed by atoms with van der Waals surface area (Å²) in [6.45, 7) is 4.17. The molecule has 1 aromatic carbocycles. The van der Waals surface area contributed by atoms with Crippen LogP contribution in [0.4, 0.5) is 0 Å². The molecule has 0 radical (unpaired) electrons. The minimum absolute atomic E-state index is 0.0101. The summed E-state index contributed by atoms with van der Waals surface area (Å²) in [5, 5.41) is 1.10. The maximum Gasteiger partial charge on any atom is 0.137 e. The van der Waals surface area contributed by atoms with E-state index in [4.69, 9.17) is 14.9 Å². The van der Waals surface area contributed by atoms with Gasteiger partial charge in [-0.1, -0.05) is 31.5 Å². The molecule has 2 unspecified atom stereocenters. The Morgan fingerprint density at radius 2 is 2.17 bits per heavy atom. The van der Waals surface area contributed by atoms with E-state index >= 15 is 0 Å². The minimum Gasteiger partial charge on any atom is -0.459 e. The highest BCUT2D eigenvalue weighted by Crippen LogP contribution is 2.28. The molecule has 0 saturated heterocycles. The Labute approximate surface area is 108 Å². The van der Waals surface area contributed by atoms with Gasteiger partial charge < -0.3 is 14.9 Å². The number of para-hydroxylation sites is 1. The van der Waals surface area contributed by atoms with E-state index in [1.165, 1.54) is 0 Å². The number of hydrogen-bond acceptors (Lipinski definition) is 3. The number of methoxy groups -OCH3 is 1. The molecule has 3 heteroatoms. The first-order valence-electron chi connectivity index (χ1n) is 6.44. The van der Waals surface area contributed by atoms with Crippen LogP contribution in [-0.2, 0) is 4.74 Å². The molecule has 0 bridgehead atoms. The summed E-state index contributed by atoms with van der Waals surface area (Å²) < 4.78 is 11.3. The van der Waals surface area contributed by atoms with Crippen molar-refractivity contribution < 1.29 is 9.15 Å². The van der Waals surface area contributed by atoms with Crippen molar-refractivity contribution in [2.24, 2.45) is 5.73 Å². The van der Waals surface area contributed by atoms with Crippen molar-refractivity contribution in [3.8, 4) is 0 Å². The number of ether oxygens (including phenoxy) is 1. The predicted octanol–water partition coefficient (Wildman–Crippen LogP) is 3.56. The highest BCUT2D eigenvalue weighted by Gasteiger charge is 2.22. The van der Waals surface area contributed by atoms with E-state index < -0.39 is 0 Å². The molecule has 0 aliphatic heterocycles. The lowest BCUT2D eigenvalue weighted by molar-refractivity contribution is 0.0668. The number of furan rings is 1. The predicted molar refractivity (Wildman–Crippen MR) is 73.6 cm³/mol. The lowest BCUT2D eigenvalue weighted by Crippen LogP contribution is -2.27. The van der Waals surface area contributed by atoms with Crippen LogP contribution in [0.1, 0.15) is 37.1 Å². The Kier molecular flexibility index (Phi) is 4.04. The second-order valence-corrected chi connectivity index (χ2v) is 4.73. The molecule has 0 aliphatic carbocycles. The summed E-state index contributed by atoms with van der Waals surface area (Å²) in [5.74, 6) is 0.805. The Balaban J connectivity index is 2.32. The maximum absolute atomic E-state index is 6.23. The van der Waals surface area contributed by atoms with Crippen molar-refractivity contribution in [2.75, 3.05) is 7.11 Å². The third-order valence-electron chi connectivity index (χ3n) is 3.37. The SMILES string of the molecule is CCCC(OC)C(N)c1cc2cccc(C)c2o1.